The van der Waals surface area contributed by atoms with Crippen LogP contribution in [0.25, 0.3) is 6.08 Å². The molecule has 1 fully saturated rings. The van der Waals surface area contributed by atoms with Gasteiger partial charge in [0.15, 0.2) is 16.7 Å². The number of carbonyl (C=O) groups is 1. The normalized spacial score (nSPS) is 15.5. The van der Waals surface area contributed by atoms with Crippen LogP contribution in [-0.4, -0.2) is 18.2 Å². The first-order chi connectivity index (χ1) is 16.7. The van der Waals surface area contributed by atoms with E-state index >= 15 is 0 Å². The molecule has 1 saturated heterocycles. The van der Waals surface area contributed by atoms with Gasteiger partial charge in [-0.2, -0.15) is 0 Å². The zero-order chi connectivity index (χ0) is 25.1. The smallest absolute Gasteiger partial charge is 0.264 e. The molecule has 0 aromatic heterocycles. The first-order valence-corrected chi connectivity index (χ1v) is 12.4. The van der Waals surface area contributed by atoms with E-state index < -0.39 is 0 Å². The summed E-state index contributed by atoms with van der Waals surface area (Å²) in [6, 6.07) is 15.4. The maximum atomic E-state index is 12.5. The highest BCUT2D eigenvalue weighted by molar-refractivity contribution is 8.18. The van der Waals surface area contributed by atoms with Gasteiger partial charge in [-0.3, -0.25) is 4.79 Å². The number of amides is 1. The van der Waals surface area contributed by atoms with Gasteiger partial charge in [-0.25, -0.2) is 4.99 Å². The Labute approximate surface area is 215 Å². The van der Waals surface area contributed by atoms with Gasteiger partial charge < -0.3 is 14.8 Å². The Morgan fingerprint density at radius 3 is 2.40 bits per heavy atom. The Bertz CT molecular complexity index is 1340. The van der Waals surface area contributed by atoms with Crippen LogP contribution in [0.2, 0.25) is 5.02 Å². The molecule has 7 heteroatoms. The summed E-state index contributed by atoms with van der Waals surface area (Å²) in [7, 11) is 1.61. The van der Waals surface area contributed by atoms with Crippen LogP contribution in [0.15, 0.2) is 58.4 Å². The highest BCUT2D eigenvalue weighted by Gasteiger charge is 2.24. The second kappa shape index (κ2) is 10.6. The van der Waals surface area contributed by atoms with Crippen molar-refractivity contribution in [2.45, 2.75) is 34.3 Å². The first kappa shape index (κ1) is 24.9. The summed E-state index contributed by atoms with van der Waals surface area (Å²) in [4.78, 5) is 17.6. The first-order valence-electron chi connectivity index (χ1n) is 11.2. The number of ether oxygens (including phenoxy) is 2. The molecule has 0 unspecified atom stereocenters. The Morgan fingerprint density at radius 2 is 1.71 bits per heavy atom. The fourth-order valence-electron chi connectivity index (χ4n) is 3.97. The van der Waals surface area contributed by atoms with Crippen LogP contribution in [0.1, 0.15) is 33.4 Å². The number of halogens is 1. The number of carbonyl (C=O) groups excluding carboxylic acids is 1. The lowest BCUT2D eigenvalue weighted by molar-refractivity contribution is -0.115. The van der Waals surface area contributed by atoms with Gasteiger partial charge >= 0.3 is 0 Å². The van der Waals surface area contributed by atoms with E-state index in [2.05, 4.69) is 43.2 Å². The third kappa shape index (κ3) is 5.89. The van der Waals surface area contributed by atoms with Crippen LogP contribution in [0.5, 0.6) is 11.5 Å². The van der Waals surface area contributed by atoms with E-state index in [1.54, 1.807) is 13.2 Å². The predicted molar refractivity (Wildman–Crippen MR) is 145 cm³/mol. The van der Waals surface area contributed by atoms with Crippen LogP contribution in [-0.2, 0) is 11.4 Å². The number of hydrogen-bond donors (Lipinski definition) is 1. The summed E-state index contributed by atoms with van der Waals surface area (Å²) in [6.07, 6.45) is 1.82. The standard InChI is InChI=1S/C28H27ClN2O3S/c1-16-10-17(2)22(18(3)11-16)15-34-24-9-6-20(13-25(24)33-5)14-26-27(32)31-28(35-26)30-23-8-7-21(29)12-19(23)4/h6-14H,15H2,1-5H3,(H,30,31,32)/b26-14-. The van der Waals surface area contributed by atoms with E-state index in [1.807, 2.05) is 43.3 Å². The number of aryl methyl sites for hydroxylation is 4. The molecule has 180 valence electrons. The van der Waals surface area contributed by atoms with Crippen molar-refractivity contribution in [2.75, 3.05) is 7.11 Å². The third-order valence-corrected chi connectivity index (χ3v) is 6.87. The molecule has 5 nitrogen and oxygen atoms in total. The van der Waals surface area contributed by atoms with E-state index in [0.717, 1.165) is 16.8 Å². The summed E-state index contributed by atoms with van der Waals surface area (Å²) in [5, 5.41) is 4.01. The average Bonchev–Trinajstić information content (AvgIpc) is 3.14. The molecular weight excluding hydrogens is 480 g/mol. The molecule has 0 bridgehead atoms. The van der Waals surface area contributed by atoms with Crippen molar-refractivity contribution in [2.24, 2.45) is 4.99 Å². The molecule has 3 aromatic rings. The highest BCUT2D eigenvalue weighted by atomic mass is 35.5. The molecule has 1 heterocycles. The average molecular weight is 507 g/mol. The Morgan fingerprint density at radius 1 is 0.971 bits per heavy atom. The minimum Gasteiger partial charge on any atom is -0.493 e. The third-order valence-electron chi connectivity index (χ3n) is 5.73. The van der Waals surface area contributed by atoms with Crippen LogP contribution in [0.3, 0.4) is 0 Å². The van der Waals surface area contributed by atoms with E-state index in [9.17, 15) is 4.79 Å². The van der Waals surface area contributed by atoms with Gasteiger partial charge in [-0.05, 0) is 104 Å². The van der Waals surface area contributed by atoms with Crippen molar-refractivity contribution in [1.82, 2.24) is 5.32 Å². The molecule has 4 rings (SSSR count). The largest absolute Gasteiger partial charge is 0.493 e. The van der Waals surface area contributed by atoms with Crippen molar-refractivity contribution in [3.8, 4) is 11.5 Å². The zero-order valence-electron chi connectivity index (χ0n) is 20.4. The van der Waals surface area contributed by atoms with E-state index in [-0.39, 0.29) is 5.91 Å². The lowest BCUT2D eigenvalue weighted by atomic mass is 10.0. The summed E-state index contributed by atoms with van der Waals surface area (Å²) in [6.45, 7) is 8.68. The SMILES string of the molecule is COc1cc(/C=C2\SC(=Nc3ccc(Cl)cc3C)NC2=O)ccc1OCc1c(C)cc(C)cc1C. The Hall–Kier alpha value is -3.22. The van der Waals surface area contributed by atoms with Crippen LogP contribution < -0.4 is 14.8 Å². The van der Waals surface area contributed by atoms with Crippen LogP contribution in [0, 0.1) is 27.7 Å². The summed E-state index contributed by atoms with van der Waals surface area (Å²) in [5.74, 6) is 1.07. The van der Waals surface area contributed by atoms with Crippen molar-refractivity contribution in [1.29, 1.82) is 0 Å². The number of methoxy groups -OCH3 is 1. The van der Waals surface area contributed by atoms with E-state index in [0.29, 0.717) is 33.2 Å². The van der Waals surface area contributed by atoms with E-state index in [1.165, 1.54) is 34.0 Å². The van der Waals surface area contributed by atoms with Crippen molar-refractivity contribution >= 4 is 46.2 Å². The molecular formula is C28H27ClN2O3S. The maximum Gasteiger partial charge on any atom is 0.264 e. The van der Waals surface area contributed by atoms with Gasteiger partial charge in [0, 0.05) is 5.02 Å². The molecule has 1 amide bonds. The number of benzene rings is 3. The van der Waals surface area contributed by atoms with Crippen LogP contribution in [0.4, 0.5) is 5.69 Å². The van der Waals surface area contributed by atoms with Gasteiger partial charge in [0.05, 0.1) is 17.7 Å². The molecule has 0 saturated carbocycles. The summed E-state index contributed by atoms with van der Waals surface area (Å²) < 4.78 is 11.7. The predicted octanol–water partition coefficient (Wildman–Crippen LogP) is 7.05. The molecule has 0 aliphatic carbocycles. The number of nitrogens with one attached hydrogen (secondary N) is 1. The molecule has 1 aliphatic heterocycles. The number of amidine groups is 1. The Balaban J connectivity index is 1.51. The number of hydrogen-bond acceptors (Lipinski definition) is 5. The molecule has 0 atom stereocenters. The number of aliphatic imine (C=N–C) groups is 1. The molecule has 0 spiro atoms. The summed E-state index contributed by atoms with van der Waals surface area (Å²) in [5.41, 5.74) is 7.36. The highest BCUT2D eigenvalue weighted by Crippen LogP contribution is 2.33. The number of nitrogens with zero attached hydrogens (tertiary/aromatic N) is 1. The van der Waals surface area contributed by atoms with Gasteiger partial charge in [0.2, 0.25) is 0 Å². The van der Waals surface area contributed by atoms with Crippen molar-refractivity contribution < 1.29 is 14.3 Å². The van der Waals surface area contributed by atoms with Gasteiger partial charge in [-0.15, -0.1) is 0 Å². The minimum absolute atomic E-state index is 0.190. The van der Waals surface area contributed by atoms with Gasteiger partial charge in [-0.1, -0.05) is 35.4 Å². The number of rotatable bonds is 6. The van der Waals surface area contributed by atoms with E-state index in [4.69, 9.17) is 21.1 Å². The lowest BCUT2D eigenvalue weighted by Gasteiger charge is -2.15. The van der Waals surface area contributed by atoms with Crippen LogP contribution >= 0.6 is 23.4 Å². The molecule has 1 aliphatic rings. The molecule has 3 aromatic carbocycles. The second-order valence-corrected chi connectivity index (χ2v) is 9.96. The molecule has 0 radical (unpaired) electrons. The summed E-state index contributed by atoms with van der Waals surface area (Å²) >= 11 is 7.32. The number of thioether (sulfide) groups is 1. The van der Waals surface area contributed by atoms with Crippen molar-refractivity contribution in [3.05, 3.63) is 91.8 Å². The fraction of sp³-hybridized carbons (Fsp3) is 0.214. The molecule has 1 N–H and O–H groups in total. The topological polar surface area (TPSA) is 59.9 Å². The lowest BCUT2D eigenvalue weighted by Crippen LogP contribution is -2.19. The fourth-order valence-corrected chi connectivity index (χ4v) is 5.03. The molecule has 35 heavy (non-hydrogen) atoms. The minimum atomic E-state index is -0.190. The van der Waals surface area contributed by atoms with Gasteiger partial charge in [0.25, 0.3) is 5.91 Å². The Kier molecular flexibility index (Phi) is 7.53. The zero-order valence-corrected chi connectivity index (χ0v) is 21.9. The van der Waals surface area contributed by atoms with Gasteiger partial charge in [0.1, 0.15) is 6.61 Å². The van der Waals surface area contributed by atoms with Crippen molar-refractivity contribution in [3.63, 3.8) is 0 Å². The maximum absolute atomic E-state index is 12.5. The quantitative estimate of drug-likeness (QED) is 0.364. The monoisotopic (exact) mass is 506 g/mol. The second-order valence-electron chi connectivity index (χ2n) is 8.49.